The van der Waals surface area contributed by atoms with Crippen LogP contribution in [0.15, 0.2) is 24.3 Å². The number of carbonyl (C=O) groups excluding carboxylic acids is 2. The molecule has 1 amide bonds. The molecule has 0 aliphatic heterocycles. The standard InChI is InChI=1S/C26H41N2O15P/c29-19-5-3-18(15-20(19)30)4-6-23(32)42-22-17-26(35,16-21(31)24(22)33)25(34)27-7-1-9-39-11-13-41-14-12-40-10-2-8-28-43-44(36,37)38/h3-6,15,21-22,24,28-31,33,35H,1-2,7-14,16-17H2,(H,27,34)(H2,36,37,38). The fourth-order valence-corrected chi connectivity index (χ4v) is 4.26. The van der Waals surface area contributed by atoms with E-state index in [4.69, 9.17) is 28.7 Å². The smallest absolute Gasteiger partial charge is 0.486 e. The summed E-state index contributed by atoms with van der Waals surface area (Å²) in [7, 11) is -4.54. The van der Waals surface area contributed by atoms with Gasteiger partial charge in [0.2, 0.25) is 0 Å². The van der Waals surface area contributed by atoms with Crippen molar-refractivity contribution in [2.24, 2.45) is 0 Å². The van der Waals surface area contributed by atoms with Crippen LogP contribution in [0, 0.1) is 0 Å². The molecule has 1 fully saturated rings. The van der Waals surface area contributed by atoms with Gasteiger partial charge in [-0.3, -0.25) is 4.79 Å². The van der Waals surface area contributed by atoms with Crippen molar-refractivity contribution in [3.63, 3.8) is 0 Å². The summed E-state index contributed by atoms with van der Waals surface area (Å²) in [6.45, 7) is 2.22. The molecule has 1 aliphatic rings. The zero-order valence-electron chi connectivity index (χ0n) is 23.9. The minimum atomic E-state index is -4.54. The number of aliphatic hydroxyl groups excluding tert-OH is 2. The molecule has 4 unspecified atom stereocenters. The molecule has 0 radical (unpaired) electrons. The SMILES string of the molecule is O=C(C=Cc1ccc(O)c(O)c1)OC1CC(O)(C(=O)NCCCOCCOCCOCCCNOP(=O)(O)O)CC(O)C1O. The van der Waals surface area contributed by atoms with Crippen LogP contribution in [0.3, 0.4) is 0 Å². The van der Waals surface area contributed by atoms with Crippen molar-refractivity contribution < 1.29 is 73.0 Å². The highest BCUT2D eigenvalue weighted by Gasteiger charge is 2.50. The van der Waals surface area contributed by atoms with Gasteiger partial charge in [0.15, 0.2) is 11.5 Å². The molecule has 1 saturated carbocycles. The average molecular weight is 653 g/mol. The van der Waals surface area contributed by atoms with Gasteiger partial charge in [-0.05, 0) is 36.6 Å². The molecule has 9 N–H and O–H groups in total. The van der Waals surface area contributed by atoms with E-state index in [-0.39, 0.29) is 31.2 Å². The molecular weight excluding hydrogens is 611 g/mol. The molecule has 2 rings (SSSR count). The molecule has 4 atom stereocenters. The maximum absolute atomic E-state index is 12.7. The number of phenols is 2. The van der Waals surface area contributed by atoms with Crippen molar-refractivity contribution >= 4 is 25.8 Å². The van der Waals surface area contributed by atoms with Crippen LogP contribution >= 0.6 is 7.82 Å². The predicted molar refractivity (Wildman–Crippen MR) is 151 cm³/mol. The van der Waals surface area contributed by atoms with E-state index in [0.717, 1.165) is 6.08 Å². The van der Waals surface area contributed by atoms with Gasteiger partial charge in [0.1, 0.15) is 17.8 Å². The number of phenolic OH excluding ortho intramolecular Hbond substituents is 2. The minimum Gasteiger partial charge on any atom is -0.504 e. The van der Waals surface area contributed by atoms with Crippen LogP contribution in [-0.4, -0.2) is 124 Å². The fourth-order valence-electron chi connectivity index (χ4n) is 4.00. The number of hydrogen-bond acceptors (Lipinski definition) is 14. The lowest BCUT2D eigenvalue weighted by Crippen LogP contribution is -2.59. The van der Waals surface area contributed by atoms with Gasteiger partial charge in [0.25, 0.3) is 5.91 Å². The third kappa shape index (κ3) is 14.4. The normalized spacial score (nSPS) is 22.2. The second kappa shape index (κ2) is 19.0. The number of amides is 1. The van der Waals surface area contributed by atoms with Crippen LogP contribution in [0.1, 0.15) is 31.2 Å². The Morgan fingerprint density at radius 2 is 1.55 bits per heavy atom. The average Bonchev–Trinajstić information content (AvgIpc) is 2.95. The Hall–Kier alpha value is -2.67. The van der Waals surface area contributed by atoms with Gasteiger partial charge in [-0.25, -0.2) is 9.36 Å². The second-order valence-corrected chi connectivity index (χ2v) is 11.0. The van der Waals surface area contributed by atoms with Gasteiger partial charge < -0.3 is 59.6 Å². The van der Waals surface area contributed by atoms with Crippen LogP contribution in [0.5, 0.6) is 11.5 Å². The monoisotopic (exact) mass is 652 g/mol. The van der Waals surface area contributed by atoms with E-state index in [1.54, 1.807) is 0 Å². The first-order valence-corrected chi connectivity index (χ1v) is 15.3. The first-order chi connectivity index (χ1) is 20.8. The van der Waals surface area contributed by atoms with Crippen molar-refractivity contribution in [2.75, 3.05) is 52.7 Å². The van der Waals surface area contributed by atoms with Crippen molar-refractivity contribution in [1.82, 2.24) is 10.8 Å². The van der Waals surface area contributed by atoms with Crippen molar-refractivity contribution in [3.05, 3.63) is 29.8 Å². The third-order valence-corrected chi connectivity index (χ3v) is 6.58. The number of esters is 1. The van der Waals surface area contributed by atoms with Crippen molar-refractivity contribution in [3.8, 4) is 11.5 Å². The number of ether oxygens (including phenoxy) is 4. The lowest BCUT2D eigenvalue weighted by atomic mass is 9.79. The van der Waals surface area contributed by atoms with Crippen LogP contribution in [0.4, 0.5) is 0 Å². The third-order valence-electron chi connectivity index (χ3n) is 6.21. The predicted octanol–water partition coefficient (Wildman–Crippen LogP) is -1.17. The van der Waals surface area contributed by atoms with Gasteiger partial charge in [-0.1, -0.05) is 6.07 Å². The van der Waals surface area contributed by atoms with Crippen LogP contribution in [-0.2, 0) is 37.7 Å². The summed E-state index contributed by atoms with van der Waals surface area (Å²) in [6, 6.07) is 3.87. The maximum Gasteiger partial charge on any atom is 0.486 e. The summed E-state index contributed by atoms with van der Waals surface area (Å²) in [5.41, 5.74) is 0.413. The van der Waals surface area contributed by atoms with Gasteiger partial charge in [-0.2, -0.15) is 10.1 Å². The zero-order valence-corrected chi connectivity index (χ0v) is 24.8. The summed E-state index contributed by atoms with van der Waals surface area (Å²) >= 11 is 0. The molecule has 0 aromatic heterocycles. The van der Waals surface area contributed by atoms with E-state index in [1.807, 2.05) is 0 Å². The molecule has 250 valence electrons. The van der Waals surface area contributed by atoms with E-state index < -0.39 is 56.5 Å². The molecule has 0 saturated heterocycles. The molecule has 1 aliphatic carbocycles. The number of hydroxylamine groups is 1. The number of nitrogens with one attached hydrogen (secondary N) is 2. The number of aromatic hydroxyl groups is 2. The highest BCUT2D eigenvalue weighted by molar-refractivity contribution is 7.46. The Kier molecular flexibility index (Phi) is 16.2. The van der Waals surface area contributed by atoms with Gasteiger partial charge in [0.05, 0.1) is 32.5 Å². The molecule has 18 heteroatoms. The Bertz CT molecular complexity index is 1120. The number of rotatable bonds is 20. The Balaban J connectivity index is 1.58. The summed E-state index contributed by atoms with van der Waals surface area (Å²) in [5, 5.41) is 52.8. The number of phosphoric acid groups is 1. The topological polar surface area (TPSA) is 263 Å². The number of hydrogen-bond donors (Lipinski definition) is 9. The highest BCUT2D eigenvalue weighted by Crippen LogP contribution is 2.34. The second-order valence-electron chi connectivity index (χ2n) is 9.83. The van der Waals surface area contributed by atoms with Crippen molar-refractivity contribution in [1.29, 1.82) is 0 Å². The van der Waals surface area contributed by atoms with Crippen molar-refractivity contribution in [2.45, 2.75) is 49.6 Å². The molecule has 0 heterocycles. The van der Waals surface area contributed by atoms with Crippen LogP contribution in [0.25, 0.3) is 6.08 Å². The Morgan fingerprint density at radius 3 is 2.16 bits per heavy atom. The summed E-state index contributed by atoms with van der Waals surface area (Å²) in [6.07, 6.45) is -2.18. The molecule has 44 heavy (non-hydrogen) atoms. The molecule has 0 bridgehead atoms. The number of aliphatic hydroxyl groups is 3. The lowest BCUT2D eigenvalue weighted by Gasteiger charge is -2.40. The largest absolute Gasteiger partial charge is 0.504 e. The summed E-state index contributed by atoms with van der Waals surface area (Å²) < 4.78 is 35.8. The van der Waals surface area contributed by atoms with E-state index in [0.29, 0.717) is 51.4 Å². The van der Waals surface area contributed by atoms with E-state index in [2.05, 4.69) is 15.4 Å². The summed E-state index contributed by atoms with van der Waals surface area (Å²) in [5.74, 6) is -2.44. The van der Waals surface area contributed by atoms with E-state index >= 15 is 0 Å². The zero-order chi connectivity index (χ0) is 32.6. The van der Waals surface area contributed by atoms with E-state index in [9.17, 15) is 39.7 Å². The molecule has 0 spiro atoms. The van der Waals surface area contributed by atoms with Gasteiger partial charge in [-0.15, -0.1) is 0 Å². The Morgan fingerprint density at radius 1 is 0.932 bits per heavy atom. The van der Waals surface area contributed by atoms with Crippen LogP contribution in [0.2, 0.25) is 0 Å². The fraction of sp³-hybridized carbons (Fsp3) is 0.615. The number of benzene rings is 1. The Labute approximate surface area is 253 Å². The number of carbonyl (C=O) groups is 2. The highest BCUT2D eigenvalue weighted by atomic mass is 31.2. The van der Waals surface area contributed by atoms with E-state index in [1.165, 1.54) is 24.3 Å². The van der Waals surface area contributed by atoms with Gasteiger partial charge in [0, 0.05) is 45.2 Å². The molecule has 1 aromatic rings. The minimum absolute atomic E-state index is 0.148. The summed E-state index contributed by atoms with van der Waals surface area (Å²) in [4.78, 5) is 42.0. The van der Waals surface area contributed by atoms with Gasteiger partial charge >= 0.3 is 13.8 Å². The molecular formula is C26H41N2O15P. The lowest BCUT2D eigenvalue weighted by molar-refractivity contribution is -0.187. The first kappa shape index (κ1) is 37.5. The molecule has 17 nitrogen and oxygen atoms in total. The van der Waals surface area contributed by atoms with Crippen LogP contribution < -0.4 is 10.8 Å². The molecule has 1 aromatic carbocycles. The first-order valence-electron chi connectivity index (χ1n) is 13.8. The quantitative estimate of drug-likeness (QED) is 0.0201. The maximum atomic E-state index is 12.7.